The highest BCUT2D eigenvalue weighted by atomic mass is 32.1. The lowest BCUT2D eigenvalue weighted by Crippen LogP contribution is -2.07. The zero-order valence-corrected chi connectivity index (χ0v) is 12.1. The van der Waals surface area contributed by atoms with E-state index >= 15 is 0 Å². The van der Waals surface area contributed by atoms with Crippen molar-refractivity contribution < 1.29 is 5.11 Å². The number of rotatable bonds is 3. The minimum atomic E-state index is -0.249. The fraction of sp³-hybridized carbons (Fsp3) is 0.143. The number of hydrogen-bond donors (Lipinski definition) is 2. The average Bonchev–Trinajstić information content (AvgIpc) is 2.97. The highest BCUT2D eigenvalue weighted by Gasteiger charge is 2.14. The highest BCUT2D eigenvalue weighted by Crippen LogP contribution is 2.21. The second-order valence-corrected chi connectivity index (χ2v) is 5.70. The fourth-order valence-electron chi connectivity index (χ4n) is 2.06. The molecular formula is C14H13N3O3S. The van der Waals surface area contributed by atoms with Crippen molar-refractivity contribution in [2.24, 2.45) is 7.05 Å². The molecule has 0 aliphatic heterocycles. The van der Waals surface area contributed by atoms with Crippen molar-refractivity contribution in [1.29, 1.82) is 0 Å². The van der Waals surface area contributed by atoms with E-state index in [9.17, 15) is 14.7 Å². The summed E-state index contributed by atoms with van der Waals surface area (Å²) in [5.41, 5.74) is 1.10. The predicted octanol–water partition coefficient (Wildman–Crippen LogP) is 1.22. The van der Waals surface area contributed by atoms with Crippen LogP contribution in [0.1, 0.15) is 10.4 Å². The molecule has 21 heavy (non-hydrogen) atoms. The van der Waals surface area contributed by atoms with Crippen molar-refractivity contribution in [3.8, 4) is 11.6 Å². The van der Waals surface area contributed by atoms with Crippen molar-refractivity contribution in [2.45, 2.75) is 6.42 Å². The summed E-state index contributed by atoms with van der Waals surface area (Å²) in [5.74, 6) is -0.0862. The number of nitrogens with one attached hydrogen (secondary N) is 1. The minimum Gasteiger partial charge on any atom is -0.494 e. The normalized spacial score (nSPS) is 10.9. The van der Waals surface area contributed by atoms with Gasteiger partial charge in [-0.05, 0) is 12.1 Å². The van der Waals surface area contributed by atoms with E-state index in [0.29, 0.717) is 10.4 Å². The van der Waals surface area contributed by atoms with E-state index in [1.54, 1.807) is 10.9 Å². The van der Waals surface area contributed by atoms with E-state index in [-0.39, 0.29) is 22.7 Å². The zero-order valence-electron chi connectivity index (χ0n) is 11.2. The second kappa shape index (κ2) is 5.10. The predicted molar refractivity (Wildman–Crippen MR) is 80.4 cm³/mol. The molecule has 2 aromatic heterocycles. The lowest BCUT2D eigenvalue weighted by molar-refractivity contribution is 0.424. The van der Waals surface area contributed by atoms with Crippen molar-refractivity contribution in [2.75, 3.05) is 0 Å². The number of thiazole rings is 1. The molecule has 0 aliphatic carbocycles. The molecule has 0 fully saturated rings. The summed E-state index contributed by atoms with van der Waals surface area (Å²) in [7, 11) is 1.50. The van der Waals surface area contributed by atoms with Crippen LogP contribution in [0.25, 0.3) is 5.69 Å². The van der Waals surface area contributed by atoms with Gasteiger partial charge in [-0.15, -0.1) is 0 Å². The molecule has 7 heteroatoms. The van der Waals surface area contributed by atoms with E-state index in [0.717, 1.165) is 17.0 Å². The van der Waals surface area contributed by atoms with Crippen LogP contribution in [-0.4, -0.2) is 19.5 Å². The third-order valence-electron chi connectivity index (χ3n) is 3.24. The molecule has 6 nitrogen and oxygen atoms in total. The van der Waals surface area contributed by atoms with Gasteiger partial charge in [0, 0.05) is 25.2 Å². The molecule has 3 rings (SSSR count). The van der Waals surface area contributed by atoms with E-state index in [1.165, 1.54) is 11.6 Å². The lowest BCUT2D eigenvalue weighted by atomic mass is 10.2. The van der Waals surface area contributed by atoms with Crippen LogP contribution in [0.5, 0.6) is 5.88 Å². The number of aromatic nitrogens is 3. The smallest absolute Gasteiger partial charge is 0.309 e. The van der Waals surface area contributed by atoms with Crippen LogP contribution in [0, 0.1) is 0 Å². The van der Waals surface area contributed by atoms with Gasteiger partial charge in [-0.1, -0.05) is 29.5 Å². The Morgan fingerprint density at radius 2 is 1.95 bits per heavy atom. The first-order valence-corrected chi connectivity index (χ1v) is 7.11. The van der Waals surface area contributed by atoms with Crippen LogP contribution in [-0.2, 0) is 13.5 Å². The number of H-pyrrole nitrogens is 1. The molecule has 0 atom stereocenters. The summed E-state index contributed by atoms with van der Waals surface area (Å²) in [6.07, 6.45) is 1.91. The first kappa shape index (κ1) is 13.4. The zero-order chi connectivity index (χ0) is 15.0. The molecule has 0 aliphatic rings. The Labute approximate surface area is 123 Å². The Balaban J connectivity index is 1.97. The molecule has 1 aromatic carbocycles. The Bertz CT molecular complexity index is 886. The van der Waals surface area contributed by atoms with Crippen LogP contribution >= 0.6 is 11.3 Å². The Morgan fingerprint density at radius 1 is 1.24 bits per heavy atom. The van der Waals surface area contributed by atoms with E-state index < -0.39 is 0 Å². The van der Waals surface area contributed by atoms with Gasteiger partial charge in [-0.25, -0.2) is 0 Å². The van der Waals surface area contributed by atoms with Crippen molar-refractivity contribution in [3.05, 3.63) is 67.0 Å². The lowest BCUT2D eigenvalue weighted by Gasteiger charge is -2.00. The van der Waals surface area contributed by atoms with Gasteiger partial charge in [0.1, 0.15) is 0 Å². The Kier molecular flexibility index (Phi) is 3.26. The van der Waals surface area contributed by atoms with Crippen LogP contribution in [0.2, 0.25) is 0 Å². The first-order valence-electron chi connectivity index (χ1n) is 6.30. The van der Waals surface area contributed by atoms with Crippen LogP contribution in [0.3, 0.4) is 0 Å². The molecule has 0 radical (unpaired) electrons. The molecule has 0 saturated heterocycles. The van der Waals surface area contributed by atoms with Gasteiger partial charge in [0.2, 0.25) is 5.88 Å². The number of benzene rings is 1. The number of aromatic amines is 1. The number of hydrogen-bond acceptors (Lipinski definition) is 4. The third kappa shape index (κ3) is 2.43. The number of aromatic hydroxyl groups is 1. The second-order valence-electron chi connectivity index (χ2n) is 4.65. The SMILES string of the molecule is Cn1c(O)c(Cc2cn(-c3ccccc3)[nH]c2=O)sc1=O. The maximum Gasteiger partial charge on any atom is 0.309 e. The van der Waals surface area contributed by atoms with E-state index in [2.05, 4.69) is 5.10 Å². The standard InChI is InChI=1S/C14H13N3O3S/c1-16-13(19)11(21-14(16)20)7-9-8-17(15-12(9)18)10-5-3-2-4-6-10/h2-6,8,19H,7H2,1H3,(H,15,18). The molecule has 0 unspecified atom stereocenters. The highest BCUT2D eigenvalue weighted by molar-refractivity contribution is 7.09. The summed E-state index contributed by atoms with van der Waals surface area (Å²) < 4.78 is 2.79. The van der Waals surface area contributed by atoms with Gasteiger partial charge in [0.05, 0.1) is 10.6 Å². The largest absolute Gasteiger partial charge is 0.494 e. The molecule has 0 amide bonds. The molecule has 108 valence electrons. The van der Waals surface area contributed by atoms with Crippen molar-refractivity contribution >= 4 is 11.3 Å². The average molecular weight is 303 g/mol. The quantitative estimate of drug-likeness (QED) is 0.763. The molecule has 2 N–H and O–H groups in total. The van der Waals surface area contributed by atoms with Crippen LogP contribution < -0.4 is 10.4 Å². The van der Waals surface area contributed by atoms with E-state index in [4.69, 9.17) is 0 Å². The van der Waals surface area contributed by atoms with Gasteiger partial charge in [0.25, 0.3) is 5.56 Å². The molecule has 3 aromatic rings. The van der Waals surface area contributed by atoms with E-state index in [1.807, 2.05) is 30.3 Å². The molecular weight excluding hydrogens is 290 g/mol. The molecule has 0 saturated carbocycles. The molecule has 2 heterocycles. The van der Waals surface area contributed by atoms with Gasteiger partial charge >= 0.3 is 4.87 Å². The minimum absolute atomic E-state index is 0.0862. The van der Waals surface area contributed by atoms with Crippen LogP contribution in [0.4, 0.5) is 0 Å². The van der Waals surface area contributed by atoms with Gasteiger partial charge in [0.15, 0.2) is 0 Å². The van der Waals surface area contributed by atoms with Crippen molar-refractivity contribution in [1.82, 2.24) is 14.3 Å². The molecule has 0 spiro atoms. The van der Waals surface area contributed by atoms with Crippen molar-refractivity contribution in [3.63, 3.8) is 0 Å². The summed E-state index contributed by atoms with van der Waals surface area (Å²) in [4.78, 5) is 23.7. The summed E-state index contributed by atoms with van der Waals surface area (Å²) in [6.45, 7) is 0. The first-order chi connectivity index (χ1) is 10.1. The fourth-order valence-corrected chi connectivity index (χ4v) is 2.95. The Hall–Kier alpha value is -2.54. The van der Waals surface area contributed by atoms with Crippen LogP contribution in [0.15, 0.2) is 46.1 Å². The molecule has 0 bridgehead atoms. The summed E-state index contributed by atoms with van der Waals surface area (Å²) >= 11 is 0.945. The maximum atomic E-state index is 12.0. The Morgan fingerprint density at radius 3 is 2.57 bits per heavy atom. The number of para-hydroxylation sites is 1. The third-order valence-corrected chi connectivity index (χ3v) is 4.26. The van der Waals surface area contributed by atoms with Gasteiger partial charge in [-0.2, -0.15) is 0 Å². The topological polar surface area (TPSA) is 80.0 Å². The summed E-state index contributed by atoms with van der Waals surface area (Å²) in [5, 5.41) is 12.6. The maximum absolute atomic E-state index is 12.0. The van der Waals surface area contributed by atoms with Gasteiger partial charge in [-0.3, -0.25) is 23.9 Å². The number of nitrogens with zero attached hydrogens (tertiary/aromatic N) is 2. The monoisotopic (exact) mass is 303 g/mol. The summed E-state index contributed by atoms with van der Waals surface area (Å²) in [6, 6.07) is 9.39. The van der Waals surface area contributed by atoms with Gasteiger partial charge < -0.3 is 5.11 Å².